The molecule has 27 heavy (non-hydrogen) atoms. The van der Waals surface area contributed by atoms with E-state index >= 15 is 0 Å². The van der Waals surface area contributed by atoms with Crippen LogP contribution in [0.1, 0.15) is 48.0 Å². The fourth-order valence-corrected chi connectivity index (χ4v) is 3.33. The molecule has 1 saturated carbocycles. The van der Waals surface area contributed by atoms with Gasteiger partial charge in [0.25, 0.3) is 5.91 Å². The van der Waals surface area contributed by atoms with Crippen molar-refractivity contribution in [3.8, 4) is 0 Å². The number of carboxylic acid groups (broad SMARTS) is 1. The lowest BCUT2D eigenvalue weighted by atomic mass is 9.84. The highest BCUT2D eigenvalue weighted by Crippen LogP contribution is 2.37. The summed E-state index contributed by atoms with van der Waals surface area (Å²) in [7, 11) is 0. The lowest BCUT2D eigenvalue weighted by molar-refractivity contribution is -0.137. The first-order chi connectivity index (χ1) is 12.7. The minimum atomic E-state index is -4.54. The Morgan fingerprint density at radius 3 is 2.41 bits per heavy atom. The second-order valence-electron chi connectivity index (χ2n) is 6.61. The van der Waals surface area contributed by atoms with E-state index in [0.717, 1.165) is 31.0 Å². The molecule has 0 bridgehead atoms. The molecule has 0 atom stereocenters. The zero-order chi connectivity index (χ0) is 20.0. The summed E-state index contributed by atoms with van der Waals surface area (Å²) in [5.74, 6) is 4.73. The van der Waals surface area contributed by atoms with Crippen LogP contribution in [0.2, 0.25) is 0 Å². The number of halogens is 3. The van der Waals surface area contributed by atoms with Crippen molar-refractivity contribution in [2.24, 2.45) is 11.8 Å². The van der Waals surface area contributed by atoms with Crippen LogP contribution in [-0.2, 0) is 6.18 Å². The lowest BCUT2D eigenvalue weighted by Gasteiger charge is -2.30. The molecule has 10 heteroatoms. The van der Waals surface area contributed by atoms with Gasteiger partial charge in [0.05, 0.1) is 5.56 Å². The largest absolute Gasteiger partial charge is 0.465 e. The third kappa shape index (κ3) is 6.02. The third-order valence-corrected chi connectivity index (χ3v) is 4.75. The molecule has 1 aliphatic rings. The summed E-state index contributed by atoms with van der Waals surface area (Å²) in [5, 5.41) is 13.8. The Balaban J connectivity index is 2.02. The molecule has 0 aromatic heterocycles. The topological polar surface area (TPSA) is 116 Å². The molecule has 1 aromatic rings. The lowest BCUT2D eigenvalue weighted by Crippen LogP contribution is -2.31. The molecule has 2 rings (SSSR count). The van der Waals surface area contributed by atoms with Crippen molar-refractivity contribution >= 4 is 17.7 Å². The fraction of sp³-hybridized carbons (Fsp3) is 0.529. The van der Waals surface area contributed by atoms with Crippen LogP contribution in [0.5, 0.6) is 0 Å². The second kappa shape index (κ2) is 8.94. The van der Waals surface area contributed by atoms with Crippen LogP contribution in [0.15, 0.2) is 18.2 Å². The highest BCUT2D eigenvalue weighted by molar-refractivity contribution is 5.95. The molecular formula is C17H23F3N4O3. The van der Waals surface area contributed by atoms with E-state index < -0.39 is 23.7 Å². The Morgan fingerprint density at radius 2 is 1.85 bits per heavy atom. The summed E-state index contributed by atoms with van der Waals surface area (Å²) in [5.41, 5.74) is 0.982. The molecule has 1 fully saturated rings. The van der Waals surface area contributed by atoms with Gasteiger partial charge < -0.3 is 15.7 Å². The highest BCUT2D eigenvalue weighted by Gasteiger charge is 2.34. The predicted octanol–water partition coefficient (Wildman–Crippen LogP) is 2.94. The molecule has 6 N–H and O–H groups in total. The Kier molecular flexibility index (Phi) is 6.89. The molecule has 0 spiro atoms. The van der Waals surface area contributed by atoms with Gasteiger partial charge in [0.1, 0.15) is 0 Å². The highest BCUT2D eigenvalue weighted by atomic mass is 19.4. The van der Waals surface area contributed by atoms with E-state index in [-0.39, 0.29) is 17.3 Å². The SMILES string of the molecule is NNC(=O)c1ccc(C(F)(F)F)c(N[C@H]2CC[C@H](CCNC(=O)O)CC2)c1. The van der Waals surface area contributed by atoms with Crippen LogP contribution in [0.3, 0.4) is 0 Å². The Bertz CT molecular complexity index is 674. The number of nitrogen functional groups attached to an aromatic ring is 1. The Morgan fingerprint density at radius 1 is 1.19 bits per heavy atom. The van der Waals surface area contributed by atoms with Crippen LogP contribution in [0, 0.1) is 5.92 Å². The average molecular weight is 388 g/mol. The Labute approximate surface area is 154 Å². The summed E-state index contributed by atoms with van der Waals surface area (Å²) in [6.45, 7) is 0.368. The number of anilines is 1. The van der Waals surface area contributed by atoms with E-state index in [2.05, 4.69) is 10.6 Å². The van der Waals surface area contributed by atoms with Crippen molar-refractivity contribution in [2.45, 2.75) is 44.3 Å². The number of rotatable bonds is 6. The van der Waals surface area contributed by atoms with Crippen molar-refractivity contribution in [1.82, 2.24) is 10.7 Å². The van der Waals surface area contributed by atoms with Gasteiger partial charge in [-0.05, 0) is 56.2 Å². The third-order valence-electron chi connectivity index (χ3n) is 4.75. The maximum Gasteiger partial charge on any atom is 0.418 e. The zero-order valence-corrected chi connectivity index (χ0v) is 14.6. The van der Waals surface area contributed by atoms with Gasteiger partial charge in [-0.1, -0.05) is 0 Å². The maximum atomic E-state index is 13.3. The number of amides is 2. The number of hydrogen-bond acceptors (Lipinski definition) is 4. The molecule has 1 aliphatic carbocycles. The number of carbonyl (C=O) groups excluding carboxylic acids is 1. The standard InChI is InChI=1S/C17H23F3N4O3/c18-17(19,20)13-6-3-11(15(25)24-21)9-14(13)23-12-4-1-10(2-5-12)7-8-22-16(26)27/h3,6,9-10,12,22-23H,1-2,4-5,7-8,21H2,(H,24,25)(H,26,27)/t10-,12-. The van der Waals surface area contributed by atoms with E-state index in [0.29, 0.717) is 31.7 Å². The summed E-state index contributed by atoms with van der Waals surface area (Å²) in [4.78, 5) is 22.1. The fourth-order valence-electron chi connectivity index (χ4n) is 3.33. The van der Waals surface area contributed by atoms with Crippen LogP contribution >= 0.6 is 0 Å². The van der Waals surface area contributed by atoms with Crippen LogP contribution in [-0.4, -0.2) is 29.7 Å². The molecule has 1 aromatic carbocycles. The van der Waals surface area contributed by atoms with Gasteiger partial charge >= 0.3 is 12.3 Å². The predicted molar refractivity (Wildman–Crippen MR) is 93.1 cm³/mol. The van der Waals surface area contributed by atoms with Gasteiger partial charge in [0.15, 0.2) is 0 Å². The summed E-state index contributed by atoms with van der Waals surface area (Å²) in [6, 6.07) is 2.97. The molecule has 150 valence electrons. The number of benzene rings is 1. The van der Waals surface area contributed by atoms with E-state index in [4.69, 9.17) is 10.9 Å². The monoisotopic (exact) mass is 388 g/mol. The number of nitrogens with two attached hydrogens (primary N) is 1. The molecule has 0 unspecified atom stereocenters. The van der Waals surface area contributed by atoms with Gasteiger partial charge in [0, 0.05) is 23.8 Å². The van der Waals surface area contributed by atoms with Gasteiger partial charge in [-0.25, -0.2) is 10.6 Å². The molecule has 0 aliphatic heterocycles. The van der Waals surface area contributed by atoms with Crippen LogP contribution < -0.4 is 21.9 Å². The number of alkyl halides is 3. The summed E-state index contributed by atoms with van der Waals surface area (Å²) >= 11 is 0. The number of carbonyl (C=O) groups is 2. The summed E-state index contributed by atoms with van der Waals surface area (Å²) in [6.07, 6.45) is -1.97. The van der Waals surface area contributed by atoms with Crippen molar-refractivity contribution in [2.75, 3.05) is 11.9 Å². The molecule has 0 radical (unpaired) electrons. The van der Waals surface area contributed by atoms with Crippen molar-refractivity contribution in [3.63, 3.8) is 0 Å². The van der Waals surface area contributed by atoms with Crippen molar-refractivity contribution in [3.05, 3.63) is 29.3 Å². The second-order valence-corrected chi connectivity index (χ2v) is 6.61. The van der Waals surface area contributed by atoms with E-state index in [1.165, 1.54) is 0 Å². The van der Waals surface area contributed by atoms with Crippen molar-refractivity contribution < 1.29 is 27.9 Å². The van der Waals surface area contributed by atoms with Crippen molar-refractivity contribution in [1.29, 1.82) is 0 Å². The first-order valence-corrected chi connectivity index (χ1v) is 8.66. The minimum Gasteiger partial charge on any atom is -0.465 e. The smallest absolute Gasteiger partial charge is 0.418 e. The quantitative estimate of drug-likeness (QED) is 0.292. The zero-order valence-electron chi connectivity index (χ0n) is 14.6. The van der Waals surface area contributed by atoms with Gasteiger partial charge in [-0.15, -0.1) is 0 Å². The number of hydrazine groups is 1. The molecule has 0 saturated heterocycles. The molecule has 7 nitrogen and oxygen atoms in total. The van der Waals surface area contributed by atoms with Gasteiger partial charge in [0.2, 0.25) is 0 Å². The maximum absolute atomic E-state index is 13.3. The number of hydrogen-bond donors (Lipinski definition) is 5. The number of nitrogens with one attached hydrogen (secondary N) is 3. The summed E-state index contributed by atoms with van der Waals surface area (Å²) < 4.78 is 39.8. The first-order valence-electron chi connectivity index (χ1n) is 8.66. The van der Waals surface area contributed by atoms with Gasteiger partial charge in [-0.3, -0.25) is 10.2 Å². The van der Waals surface area contributed by atoms with E-state index in [1.807, 2.05) is 5.43 Å². The van der Waals surface area contributed by atoms with Crippen LogP contribution in [0.4, 0.5) is 23.7 Å². The minimum absolute atomic E-state index is 0.0430. The first kappa shape index (κ1) is 20.8. The van der Waals surface area contributed by atoms with E-state index in [9.17, 15) is 22.8 Å². The van der Waals surface area contributed by atoms with Crippen LogP contribution in [0.25, 0.3) is 0 Å². The van der Waals surface area contributed by atoms with E-state index in [1.54, 1.807) is 0 Å². The normalized spacial score (nSPS) is 20.0. The molecule has 0 heterocycles. The average Bonchev–Trinajstić information content (AvgIpc) is 2.61. The van der Waals surface area contributed by atoms with Gasteiger partial charge in [-0.2, -0.15) is 13.2 Å². The molecular weight excluding hydrogens is 365 g/mol. The Hall–Kier alpha value is -2.49. The molecule has 2 amide bonds.